The summed E-state index contributed by atoms with van der Waals surface area (Å²) in [5.74, 6) is 2.71. The van der Waals surface area contributed by atoms with Crippen molar-refractivity contribution in [3.05, 3.63) is 40.9 Å². The van der Waals surface area contributed by atoms with Crippen molar-refractivity contribution in [2.75, 3.05) is 21.3 Å². The van der Waals surface area contributed by atoms with Gasteiger partial charge in [-0.15, -0.1) is 5.10 Å². The molecule has 0 fully saturated rings. The average molecular weight is 360 g/mol. The van der Waals surface area contributed by atoms with E-state index in [1.165, 1.54) is 4.68 Å². The maximum Gasteiger partial charge on any atom is 0.219 e. The number of hydrogen-bond acceptors (Lipinski definition) is 7. The highest BCUT2D eigenvalue weighted by atomic mass is 32.1. The number of furan rings is 1. The zero-order valence-electron chi connectivity index (χ0n) is 13.8. The summed E-state index contributed by atoms with van der Waals surface area (Å²) in [5, 5.41) is 11.2. The number of ether oxygens (including phenoxy) is 3. The summed E-state index contributed by atoms with van der Waals surface area (Å²) in [6.45, 7) is 0. The van der Waals surface area contributed by atoms with Crippen LogP contribution in [0.25, 0.3) is 11.6 Å². The van der Waals surface area contributed by atoms with Crippen molar-refractivity contribution < 1.29 is 18.6 Å². The molecule has 0 unspecified atom stereocenters. The Morgan fingerprint density at radius 3 is 2.48 bits per heavy atom. The van der Waals surface area contributed by atoms with Gasteiger partial charge in [0.25, 0.3) is 0 Å². The molecule has 1 N–H and O–H groups in total. The molecule has 130 valence electrons. The molecule has 2 aromatic heterocycles. The van der Waals surface area contributed by atoms with Gasteiger partial charge in [0.15, 0.2) is 5.76 Å². The van der Waals surface area contributed by atoms with E-state index in [9.17, 15) is 0 Å². The number of H-pyrrole nitrogens is 1. The standard InChI is InChI=1S/C16H16N4O4S/c1-21-10-7-13(22-2)11(14(8-10)23-3)9-17-20-15(18-19-16(20)25)12-5-4-6-24-12/h4-9H,1-3H3,(H,19,25). The molecule has 0 radical (unpaired) electrons. The lowest BCUT2D eigenvalue weighted by molar-refractivity contribution is 0.374. The Hall–Kier alpha value is -3.07. The zero-order chi connectivity index (χ0) is 17.8. The van der Waals surface area contributed by atoms with Crippen molar-refractivity contribution in [3.63, 3.8) is 0 Å². The van der Waals surface area contributed by atoms with Crippen LogP contribution in [0, 0.1) is 4.77 Å². The molecule has 0 aliphatic heterocycles. The summed E-state index contributed by atoms with van der Waals surface area (Å²) in [5.41, 5.74) is 0.638. The lowest BCUT2D eigenvalue weighted by atomic mass is 10.2. The molecule has 0 aliphatic carbocycles. The number of aromatic amines is 1. The predicted molar refractivity (Wildman–Crippen MR) is 94.2 cm³/mol. The van der Waals surface area contributed by atoms with Gasteiger partial charge in [-0.05, 0) is 24.4 Å². The van der Waals surface area contributed by atoms with Crippen molar-refractivity contribution in [1.29, 1.82) is 0 Å². The Bertz CT molecular complexity index is 918. The van der Waals surface area contributed by atoms with E-state index in [1.54, 1.807) is 58.1 Å². The van der Waals surface area contributed by atoms with E-state index in [0.29, 0.717) is 39.2 Å². The van der Waals surface area contributed by atoms with Crippen molar-refractivity contribution in [2.45, 2.75) is 0 Å². The second-order valence-corrected chi connectivity index (χ2v) is 5.22. The van der Waals surface area contributed by atoms with E-state index in [0.717, 1.165) is 0 Å². The molecule has 9 heteroatoms. The fourth-order valence-electron chi connectivity index (χ4n) is 2.24. The van der Waals surface area contributed by atoms with Gasteiger partial charge < -0.3 is 18.6 Å². The molecule has 0 saturated carbocycles. The van der Waals surface area contributed by atoms with Gasteiger partial charge in [-0.2, -0.15) is 9.78 Å². The van der Waals surface area contributed by atoms with Crippen LogP contribution in [0.4, 0.5) is 0 Å². The first kappa shape index (κ1) is 16.8. The fourth-order valence-corrected chi connectivity index (χ4v) is 2.42. The summed E-state index contributed by atoms with van der Waals surface area (Å²) in [6.07, 6.45) is 3.13. The van der Waals surface area contributed by atoms with Crippen molar-refractivity contribution in [2.24, 2.45) is 5.10 Å². The Kier molecular flexibility index (Phi) is 4.85. The Labute approximate surface area is 148 Å². The second kappa shape index (κ2) is 7.22. The lowest BCUT2D eigenvalue weighted by Crippen LogP contribution is -2.00. The van der Waals surface area contributed by atoms with Crippen LogP contribution in [0.3, 0.4) is 0 Å². The first-order valence-corrected chi connectivity index (χ1v) is 7.64. The average Bonchev–Trinajstić information content (AvgIpc) is 3.28. The van der Waals surface area contributed by atoms with Gasteiger partial charge in [-0.1, -0.05) is 0 Å². The highest BCUT2D eigenvalue weighted by Gasteiger charge is 2.14. The van der Waals surface area contributed by atoms with Gasteiger partial charge in [0.05, 0.1) is 39.4 Å². The molecule has 0 bridgehead atoms. The van der Waals surface area contributed by atoms with Crippen LogP contribution in [0.5, 0.6) is 17.2 Å². The number of nitrogens with zero attached hydrogens (tertiary/aromatic N) is 3. The minimum absolute atomic E-state index is 0.328. The molecule has 0 amide bonds. The van der Waals surface area contributed by atoms with Gasteiger partial charge >= 0.3 is 0 Å². The third kappa shape index (κ3) is 3.26. The number of nitrogens with one attached hydrogen (secondary N) is 1. The van der Waals surface area contributed by atoms with Crippen molar-refractivity contribution in [1.82, 2.24) is 14.9 Å². The number of hydrogen-bond donors (Lipinski definition) is 1. The lowest BCUT2D eigenvalue weighted by Gasteiger charge is -2.12. The molecule has 1 aromatic carbocycles. The second-order valence-electron chi connectivity index (χ2n) is 4.83. The maximum atomic E-state index is 5.40. The van der Waals surface area contributed by atoms with Crippen molar-refractivity contribution in [3.8, 4) is 28.8 Å². The molecule has 3 aromatic rings. The normalized spacial score (nSPS) is 11.0. The summed E-state index contributed by atoms with van der Waals surface area (Å²) < 4.78 is 23.2. The highest BCUT2D eigenvalue weighted by molar-refractivity contribution is 7.71. The highest BCUT2D eigenvalue weighted by Crippen LogP contribution is 2.32. The SMILES string of the molecule is COc1cc(OC)c(C=Nn2c(-c3ccco3)n[nH]c2=S)c(OC)c1. The molecule has 8 nitrogen and oxygen atoms in total. The molecule has 0 spiro atoms. The summed E-state index contributed by atoms with van der Waals surface area (Å²) in [4.78, 5) is 0. The molecule has 0 aliphatic rings. The van der Waals surface area contributed by atoms with Crippen LogP contribution in [-0.4, -0.2) is 42.4 Å². The van der Waals surface area contributed by atoms with Gasteiger partial charge in [-0.3, -0.25) is 0 Å². The minimum atomic E-state index is 0.328. The Morgan fingerprint density at radius 2 is 1.92 bits per heavy atom. The largest absolute Gasteiger partial charge is 0.496 e. The van der Waals surface area contributed by atoms with E-state index >= 15 is 0 Å². The monoisotopic (exact) mass is 360 g/mol. The fraction of sp³-hybridized carbons (Fsp3) is 0.188. The molecule has 2 heterocycles. The van der Waals surface area contributed by atoms with Crippen LogP contribution >= 0.6 is 12.2 Å². The number of aromatic nitrogens is 3. The number of benzene rings is 1. The third-order valence-electron chi connectivity index (χ3n) is 3.45. The predicted octanol–water partition coefficient (Wildman–Crippen LogP) is 3.11. The minimum Gasteiger partial charge on any atom is -0.496 e. The molecule has 0 saturated heterocycles. The topological polar surface area (TPSA) is 86.8 Å². The van der Waals surface area contributed by atoms with Gasteiger partial charge in [0.1, 0.15) is 17.2 Å². The molecular weight excluding hydrogens is 344 g/mol. The molecule has 3 rings (SSSR count). The van der Waals surface area contributed by atoms with Crippen LogP contribution in [0.2, 0.25) is 0 Å². The maximum absolute atomic E-state index is 5.40. The van der Waals surface area contributed by atoms with Crippen molar-refractivity contribution >= 4 is 18.4 Å². The zero-order valence-corrected chi connectivity index (χ0v) is 14.7. The third-order valence-corrected chi connectivity index (χ3v) is 3.71. The summed E-state index contributed by atoms with van der Waals surface area (Å²) >= 11 is 5.23. The first-order valence-electron chi connectivity index (χ1n) is 7.23. The molecular formula is C16H16N4O4S. The van der Waals surface area contributed by atoms with E-state index < -0.39 is 0 Å². The van der Waals surface area contributed by atoms with E-state index in [1.807, 2.05) is 0 Å². The quantitative estimate of drug-likeness (QED) is 0.537. The number of rotatable bonds is 6. The summed E-state index contributed by atoms with van der Waals surface area (Å²) in [6, 6.07) is 7.01. The van der Waals surface area contributed by atoms with Gasteiger partial charge in [-0.25, -0.2) is 5.10 Å². The summed E-state index contributed by atoms with van der Waals surface area (Å²) in [7, 11) is 4.69. The van der Waals surface area contributed by atoms with Crippen LogP contribution in [0.15, 0.2) is 40.0 Å². The van der Waals surface area contributed by atoms with Gasteiger partial charge in [0.2, 0.25) is 10.6 Å². The molecule has 25 heavy (non-hydrogen) atoms. The molecule has 0 atom stereocenters. The first-order chi connectivity index (χ1) is 12.2. The Morgan fingerprint density at radius 1 is 1.20 bits per heavy atom. The van der Waals surface area contributed by atoms with E-state index in [-0.39, 0.29) is 0 Å². The van der Waals surface area contributed by atoms with E-state index in [2.05, 4.69) is 15.3 Å². The number of methoxy groups -OCH3 is 3. The Balaban J connectivity index is 2.07. The van der Waals surface area contributed by atoms with Gasteiger partial charge in [0, 0.05) is 12.1 Å². The van der Waals surface area contributed by atoms with E-state index in [4.69, 9.17) is 30.8 Å². The van der Waals surface area contributed by atoms with Crippen LogP contribution < -0.4 is 14.2 Å². The van der Waals surface area contributed by atoms with Crippen LogP contribution in [-0.2, 0) is 0 Å². The van der Waals surface area contributed by atoms with Crippen LogP contribution in [0.1, 0.15) is 5.56 Å². The smallest absolute Gasteiger partial charge is 0.219 e.